The number of allylic oxidation sites excluding steroid dienone is 13. The molecule has 4 aromatic rings. The highest BCUT2D eigenvalue weighted by Gasteiger charge is 2.14. The second kappa shape index (κ2) is 16.3. The SMILES string of the molecule is [B]c1ccc(-c2ccc(C(/C=C/N(/C=C/C=C\C=C/C)C3=CC=CC=CC3)=C/C(=C)N(c3ccccc3)c3ccccc3)s2)s1. The first-order chi connectivity index (χ1) is 22.1. The molecule has 0 unspecified atom stereocenters. The summed E-state index contributed by atoms with van der Waals surface area (Å²) >= 11 is 3.36. The third-order valence-electron chi connectivity index (χ3n) is 6.89. The van der Waals surface area contributed by atoms with Crippen LogP contribution in [0.25, 0.3) is 15.3 Å². The zero-order chi connectivity index (χ0) is 31.3. The largest absolute Gasteiger partial charge is 0.327 e. The minimum Gasteiger partial charge on any atom is -0.327 e. The van der Waals surface area contributed by atoms with Crippen LogP contribution in [-0.2, 0) is 0 Å². The van der Waals surface area contributed by atoms with Gasteiger partial charge >= 0.3 is 0 Å². The van der Waals surface area contributed by atoms with Gasteiger partial charge < -0.3 is 9.80 Å². The van der Waals surface area contributed by atoms with Crippen molar-refractivity contribution in [1.29, 1.82) is 0 Å². The van der Waals surface area contributed by atoms with E-state index in [-0.39, 0.29) is 0 Å². The molecule has 0 N–H and O–H groups in total. The first-order valence-electron chi connectivity index (χ1n) is 14.8. The Morgan fingerprint density at radius 2 is 1.44 bits per heavy atom. The average Bonchev–Trinajstić information content (AvgIpc) is 3.64. The van der Waals surface area contributed by atoms with Crippen molar-refractivity contribution >= 4 is 52.2 Å². The normalized spacial score (nSPS) is 13.7. The van der Waals surface area contributed by atoms with Gasteiger partial charge in [-0.25, -0.2) is 0 Å². The molecule has 2 aromatic carbocycles. The smallest absolute Gasteiger partial charge is 0.128 e. The van der Waals surface area contributed by atoms with Crippen molar-refractivity contribution in [3.05, 3.63) is 193 Å². The van der Waals surface area contributed by atoms with Crippen molar-refractivity contribution in [3.8, 4) is 9.75 Å². The molecule has 5 heteroatoms. The molecule has 1 aliphatic carbocycles. The van der Waals surface area contributed by atoms with Crippen molar-refractivity contribution in [3.63, 3.8) is 0 Å². The van der Waals surface area contributed by atoms with Gasteiger partial charge in [0.1, 0.15) is 7.85 Å². The third kappa shape index (κ3) is 8.85. The number of benzene rings is 2. The Bertz CT molecular complexity index is 1770. The molecule has 0 saturated carbocycles. The predicted octanol–water partition coefficient (Wildman–Crippen LogP) is 10.9. The Labute approximate surface area is 277 Å². The zero-order valence-electron chi connectivity index (χ0n) is 25.4. The number of rotatable bonds is 12. The van der Waals surface area contributed by atoms with Crippen LogP contribution < -0.4 is 9.68 Å². The summed E-state index contributed by atoms with van der Waals surface area (Å²) in [4.78, 5) is 7.86. The van der Waals surface area contributed by atoms with Gasteiger partial charge in [0.2, 0.25) is 0 Å². The summed E-state index contributed by atoms with van der Waals surface area (Å²) in [6, 6.07) is 29.1. The van der Waals surface area contributed by atoms with Gasteiger partial charge in [-0.3, -0.25) is 0 Å². The van der Waals surface area contributed by atoms with Crippen LogP contribution in [-0.4, -0.2) is 12.7 Å². The zero-order valence-corrected chi connectivity index (χ0v) is 27.0. The summed E-state index contributed by atoms with van der Waals surface area (Å²) in [5, 5.41) is 0. The van der Waals surface area contributed by atoms with E-state index < -0.39 is 0 Å². The molecule has 45 heavy (non-hydrogen) atoms. The monoisotopic (exact) mass is 618 g/mol. The molecule has 2 heterocycles. The quantitative estimate of drug-likeness (QED) is 0.115. The van der Waals surface area contributed by atoms with Crippen LogP contribution in [0.5, 0.6) is 0 Å². The molecule has 0 fully saturated rings. The highest BCUT2D eigenvalue weighted by molar-refractivity contribution is 7.26. The van der Waals surface area contributed by atoms with Crippen molar-refractivity contribution in [2.75, 3.05) is 4.90 Å². The molecular formula is C40H35BN2S2. The van der Waals surface area contributed by atoms with Crippen LogP contribution in [0, 0.1) is 0 Å². The maximum absolute atomic E-state index is 6.07. The Morgan fingerprint density at radius 3 is 2.13 bits per heavy atom. The lowest BCUT2D eigenvalue weighted by molar-refractivity contribution is 0.613. The summed E-state index contributed by atoms with van der Waals surface area (Å²) in [6.45, 7) is 6.60. The number of hydrogen-bond donors (Lipinski definition) is 0. The molecule has 0 spiro atoms. The molecule has 5 rings (SSSR count). The fourth-order valence-corrected chi connectivity index (χ4v) is 6.60. The standard InChI is InChI=1S/C40H35BN2S2/c1-3-4-5-8-17-29-42(34-18-11-6-7-12-19-34)30-28-33(37-24-25-38(44-37)39-26-27-40(41)45-39)31-32(2)43(35-20-13-9-14-21-35)36-22-15-10-16-23-36/h3-18,20-31H,2,19H2,1H3/b4-3-,8-5-,29-17+,30-28+,33-31+. The average molecular weight is 619 g/mol. The predicted molar refractivity (Wildman–Crippen MR) is 200 cm³/mol. The Morgan fingerprint density at radius 1 is 0.756 bits per heavy atom. The third-order valence-corrected chi connectivity index (χ3v) is 9.14. The topological polar surface area (TPSA) is 6.48 Å². The van der Waals surface area contributed by atoms with E-state index in [0.29, 0.717) is 0 Å². The maximum Gasteiger partial charge on any atom is 0.128 e. The molecule has 2 aromatic heterocycles. The number of thiophene rings is 2. The highest BCUT2D eigenvalue weighted by Crippen LogP contribution is 2.36. The molecule has 0 atom stereocenters. The van der Waals surface area contributed by atoms with Gasteiger partial charge in [-0.05, 0) is 84.0 Å². The van der Waals surface area contributed by atoms with Crippen LogP contribution >= 0.6 is 22.7 Å². The second-order valence-corrected chi connectivity index (χ2v) is 12.3. The minimum atomic E-state index is 0.816. The molecule has 0 aliphatic heterocycles. The van der Waals surface area contributed by atoms with Crippen molar-refractivity contribution in [2.24, 2.45) is 0 Å². The van der Waals surface area contributed by atoms with E-state index in [2.05, 4.69) is 144 Å². The molecule has 220 valence electrons. The van der Waals surface area contributed by atoms with Gasteiger partial charge in [0.05, 0.1) is 0 Å². The van der Waals surface area contributed by atoms with E-state index in [1.54, 1.807) is 22.7 Å². The molecular weight excluding hydrogens is 583 g/mol. The Kier molecular flexibility index (Phi) is 11.4. The van der Waals surface area contributed by atoms with Gasteiger partial charge in [-0.2, -0.15) is 11.3 Å². The number of hydrogen-bond acceptors (Lipinski definition) is 4. The molecule has 1 aliphatic rings. The maximum atomic E-state index is 6.07. The van der Waals surface area contributed by atoms with Gasteiger partial charge in [0, 0.05) is 56.2 Å². The minimum absolute atomic E-state index is 0.816. The molecule has 0 saturated heterocycles. The summed E-state index contributed by atoms with van der Waals surface area (Å²) in [5.74, 6) is 0. The van der Waals surface area contributed by atoms with Crippen molar-refractivity contribution in [1.82, 2.24) is 4.90 Å². The molecule has 0 amide bonds. The Balaban J connectivity index is 1.57. The van der Waals surface area contributed by atoms with E-state index in [4.69, 9.17) is 7.85 Å². The first-order valence-corrected chi connectivity index (χ1v) is 16.5. The van der Waals surface area contributed by atoms with Crippen LogP contribution in [0.4, 0.5) is 11.4 Å². The van der Waals surface area contributed by atoms with E-state index in [1.165, 1.54) is 15.5 Å². The molecule has 2 nitrogen and oxygen atoms in total. The number of anilines is 2. The van der Waals surface area contributed by atoms with E-state index in [0.717, 1.165) is 38.7 Å². The Hall–Kier alpha value is -4.84. The first kappa shape index (κ1) is 31.6. The van der Waals surface area contributed by atoms with Crippen LogP contribution in [0.2, 0.25) is 0 Å². The van der Waals surface area contributed by atoms with E-state index in [9.17, 15) is 0 Å². The fraction of sp³-hybridized carbons (Fsp3) is 0.0500. The highest BCUT2D eigenvalue weighted by atomic mass is 32.1. The lowest BCUT2D eigenvalue weighted by atomic mass is 10.1. The van der Waals surface area contributed by atoms with Gasteiger partial charge in [0.25, 0.3) is 0 Å². The summed E-state index contributed by atoms with van der Waals surface area (Å²) < 4.78 is 0.816. The van der Waals surface area contributed by atoms with Crippen LogP contribution in [0.3, 0.4) is 0 Å². The van der Waals surface area contributed by atoms with E-state index >= 15 is 0 Å². The summed E-state index contributed by atoms with van der Waals surface area (Å²) in [6.07, 6.45) is 30.1. The van der Waals surface area contributed by atoms with Gasteiger partial charge in [-0.1, -0.05) is 97.7 Å². The lowest BCUT2D eigenvalue weighted by Gasteiger charge is -2.26. The summed E-state index contributed by atoms with van der Waals surface area (Å²) in [5.41, 5.74) is 5.18. The van der Waals surface area contributed by atoms with Crippen LogP contribution in [0.1, 0.15) is 18.2 Å². The lowest BCUT2D eigenvalue weighted by Crippen LogP contribution is -2.14. The van der Waals surface area contributed by atoms with Gasteiger partial charge in [0.15, 0.2) is 0 Å². The molecule has 0 bridgehead atoms. The van der Waals surface area contributed by atoms with Crippen molar-refractivity contribution in [2.45, 2.75) is 13.3 Å². The number of nitrogens with zero attached hydrogens (tertiary/aromatic N) is 2. The van der Waals surface area contributed by atoms with E-state index in [1.807, 2.05) is 49.4 Å². The fourth-order valence-electron chi connectivity index (χ4n) is 4.73. The van der Waals surface area contributed by atoms with Crippen molar-refractivity contribution < 1.29 is 0 Å². The number of para-hydroxylation sites is 2. The molecule has 2 radical (unpaired) electrons. The van der Waals surface area contributed by atoms with Gasteiger partial charge in [-0.15, -0.1) is 11.3 Å². The summed E-state index contributed by atoms with van der Waals surface area (Å²) in [7, 11) is 6.07. The van der Waals surface area contributed by atoms with Crippen LogP contribution in [0.15, 0.2) is 188 Å². The second-order valence-electron chi connectivity index (χ2n) is 10.1.